The Balaban J connectivity index is 4.23. The van der Waals surface area contributed by atoms with Gasteiger partial charge in [-0.2, -0.15) is 0 Å². The van der Waals surface area contributed by atoms with Gasteiger partial charge in [-0.1, -0.05) is 239 Å². The van der Waals surface area contributed by atoms with Crippen LogP contribution in [0.3, 0.4) is 0 Å². The minimum Gasteiger partial charge on any atom is -0.391 e. The molecule has 0 saturated heterocycles. The third-order valence-electron chi connectivity index (χ3n) is 11.9. The number of likely N-dealkylation sites (N-methyl/N-ethyl adjacent to an activating group) is 1. The summed E-state index contributed by atoms with van der Waals surface area (Å²) < 4.78 is 23.7. The average Bonchev–Trinajstić information content (AvgIpc) is 3.17. The summed E-state index contributed by atoms with van der Waals surface area (Å²) in [5.41, 5.74) is 0. The lowest BCUT2D eigenvalue weighted by Crippen LogP contribution is -2.46. The molecular weight excluding hydrogens is 744 g/mol. The van der Waals surface area contributed by atoms with E-state index < -0.39 is 20.0 Å². The van der Waals surface area contributed by atoms with E-state index in [2.05, 4.69) is 19.2 Å². The molecule has 0 rings (SSSR count). The first-order valence-corrected chi connectivity index (χ1v) is 26.9. The minimum atomic E-state index is -4.31. The molecule has 0 fully saturated rings. The van der Waals surface area contributed by atoms with Crippen LogP contribution in [0.2, 0.25) is 0 Å². The van der Waals surface area contributed by atoms with Crippen LogP contribution >= 0.6 is 7.82 Å². The summed E-state index contributed by atoms with van der Waals surface area (Å²) in [7, 11) is 1.63. The molecule has 0 spiro atoms. The molecule has 0 bridgehead atoms. The Bertz CT molecular complexity index is 916. The zero-order valence-corrected chi connectivity index (χ0v) is 40.5. The number of amides is 1. The number of nitrogens with one attached hydrogen (secondary N) is 1. The van der Waals surface area contributed by atoms with Crippen LogP contribution in [0.1, 0.15) is 258 Å². The van der Waals surface area contributed by atoms with Gasteiger partial charge in [0.2, 0.25) is 5.91 Å². The van der Waals surface area contributed by atoms with Crippen molar-refractivity contribution in [3.8, 4) is 0 Å². The van der Waals surface area contributed by atoms with Crippen LogP contribution in [0.4, 0.5) is 0 Å². The van der Waals surface area contributed by atoms with Crippen LogP contribution in [0.15, 0.2) is 0 Å². The predicted octanol–water partition coefficient (Wildman–Crippen LogP) is 14.5. The van der Waals surface area contributed by atoms with Gasteiger partial charge in [-0.15, -0.1) is 0 Å². The fourth-order valence-electron chi connectivity index (χ4n) is 7.81. The summed E-state index contributed by atoms with van der Waals surface area (Å²) in [6, 6.07) is -0.753. The third kappa shape index (κ3) is 43.6. The molecule has 9 heteroatoms. The number of aliphatic hydroxyl groups excluding tert-OH is 1. The highest BCUT2D eigenvalue weighted by atomic mass is 31.2. The van der Waals surface area contributed by atoms with Gasteiger partial charge in [0.05, 0.1) is 39.9 Å². The highest BCUT2D eigenvalue weighted by Crippen LogP contribution is 2.43. The Labute approximate surface area is 361 Å². The van der Waals surface area contributed by atoms with Crippen molar-refractivity contribution in [2.75, 3.05) is 40.9 Å². The summed E-state index contributed by atoms with van der Waals surface area (Å²) in [6.07, 6.45) is 47.0. The van der Waals surface area contributed by atoms with E-state index in [1.807, 2.05) is 21.1 Å². The van der Waals surface area contributed by atoms with Gasteiger partial charge >= 0.3 is 7.82 Å². The SMILES string of the molecule is CCCCCCCCCCCCCCCCCCCCCCC(O)C(COP(=O)(O)OCC[N+](C)(C)C)NC(=O)CCCCCCCCCCCCCCCCCC. The first-order chi connectivity index (χ1) is 28.0. The molecule has 0 aromatic carbocycles. The molecular formula is C49H102N2O6P+. The lowest BCUT2D eigenvalue weighted by Gasteiger charge is -2.26. The predicted molar refractivity (Wildman–Crippen MR) is 249 cm³/mol. The van der Waals surface area contributed by atoms with Crippen molar-refractivity contribution >= 4 is 13.7 Å². The molecule has 0 aromatic rings. The third-order valence-corrected chi connectivity index (χ3v) is 12.8. The fraction of sp³-hybridized carbons (Fsp3) is 0.980. The zero-order chi connectivity index (χ0) is 42.8. The molecule has 8 nitrogen and oxygen atoms in total. The van der Waals surface area contributed by atoms with Gasteiger partial charge in [0, 0.05) is 6.42 Å². The second-order valence-electron chi connectivity index (χ2n) is 18.9. The van der Waals surface area contributed by atoms with Crippen molar-refractivity contribution in [2.24, 2.45) is 0 Å². The van der Waals surface area contributed by atoms with E-state index in [0.29, 0.717) is 23.9 Å². The van der Waals surface area contributed by atoms with E-state index in [9.17, 15) is 19.4 Å². The average molecular weight is 846 g/mol. The normalized spacial score (nSPS) is 14.1. The first-order valence-electron chi connectivity index (χ1n) is 25.4. The van der Waals surface area contributed by atoms with Crippen molar-refractivity contribution in [1.29, 1.82) is 0 Å². The molecule has 0 aliphatic rings. The molecule has 348 valence electrons. The fourth-order valence-corrected chi connectivity index (χ4v) is 8.55. The number of carbonyl (C=O) groups is 1. The number of phosphoric acid groups is 1. The number of hydrogen-bond donors (Lipinski definition) is 3. The van der Waals surface area contributed by atoms with E-state index in [0.717, 1.165) is 38.5 Å². The standard InChI is InChI=1S/C49H101N2O6P/c1-6-8-10-12-14-16-18-20-22-24-25-26-27-28-30-32-34-36-38-40-42-48(52)47(46-57-58(54,55)56-45-44-51(3,4)5)50-49(53)43-41-39-37-35-33-31-29-23-21-19-17-15-13-11-9-7-2/h47-48,52H,6-46H2,1-5H3,(H-,50,53,54,55)/p+1. The van der Waals surface area contributed by atoms with Crippen molar-refractivity contribution in [2.45, 2.75) is 270 Å². The molecule has 3 unspecified atom stereocenters. The Kier molecular flexibility index (Phi) is 41.5. The second kappa shape index (κ2) is 41.8. The number of unbranched alkanes of at least 4 members (excludes halogenated alkanes) is 34. The number of carbonyl (C=O) groups excluding carboxylic acids is 1. The highest BCUT2D eigenvalue weighted by molar-refractivity contribution is 7.47. The van der Waals surface area contributed by atoms with Crippen LogP contribution in [0.25, 0.3) is 0 Å². The number of nitrogens with zero attached hydrogens (tertiary/aromatic N) is 1. The van der Waals surface area contributed by atoms with Crippen molar-refractivity contribution in [3.05, 3.63) is 0 Å². The molecule has 0 aliphatic heterocycles. The molecule has 0 heterocycles. The van der Waals surface area contributed by atoms with Gasteiger partial charge in [-0.3, -0.25) is 13.8 Å². The largest absolute Gasteiger partial charge is 0.472 e. The van der Waals surface area contributed by atoms with E-state index in [4.69, 9.17) is 9.05 Å². The first kappa shape index (κ1) is 57.5. The monoisotopic (exact) mass is 846 g/mol. The molecule has 0 aliphatic carbocycles. The Morgan fingerprint density at radius 3 is 1.16 bits per heavy atom. The summed E-state index contributed by atoms with van der Waals surface area (Å²) >= 11 is 0. The van der Waals surface area contributed by atoms with E-state index in [1.165, 1.54) is 193 Å². The van der Waals surface area contributed by atoms with Gasteiger partial charge in [0.15, 0.2) is 0 Å². The van der Waals surface area contributed by atoms with Gasteiger partial charge in [-0.05, 0) is 12.8 Å². The summed E-state index contributed by atoms with van der Waals surface area (Å²) in [4.78, 5) is 23.2. The summed E-state index contributed by atoms with van der Waals surface area (Å²) in [5.74, 6) is -0.139. The highest BCUT2D eigenvalue weighted by Gasteiger charge is 2.28. The molecule has 1 amide bonds. The number of aliphatic hydroxyl groups is 1. The zero-order valence-electron chi connectivity index (χ0n) is 39.6. The molecule has 58 heavy (non-hydrogen) atoms. The van der Waals surface area contributed by atoms with Gasteiger partial charge in [0.1, 0.15) is 13.2 Å². The number of phosphoric ester groups is 1. The maximum atomic E-state index is 12.9. The lowest BCUT2D eigenvalue weighted by atomic mass is 10.0. The number of quaternary nitrogens is 1. The molecule has 0 radical (unpaired) electrons. The maximum Gasteiger partial charge on any atom is 0.472 e. The Morgan fingerprint density at radius 1 is 0.517 bits per heavy atom. The number of rotatable bonds is 47. The summed E-state index contributed by atoms with van der Waals surface area (Å²) in [5, 5.41) is 14.0. The van der Waals surface area contributed by atoms with Gasteiger partial charge < -0.3 is 19.8 Å². The van der Waals surface area contributed by atoms with Crippen LogP contribution < -0.4 is 5.32 Å². The van der Waals surface area contributed by atoms with Gasteiger partial charge in [-0.25, -0.2) is 4.57 Å². The molecule has 0 saturated carbocycles. The van der Waals surface area contributed by atoms with Gasteiger partial charge in [0.25, 0.3) is 0 Å². The lowest BCUT2D eigenvalue weighted by molar-refractivity contribution is -0.870. The maximum absolute atomic E-state index is 12.9. The van der Waals surface area contributed by atoms with E-state index >= 15 is 0 Å². The molecule has 3 N–H and O–H groups in total. The topological polar surface area (TPSA) is 105 Å². The van der Waals surface area contributed by atoms with Crippen LogP contribution in [-0.2, 0) is 18.4 Å². The molecule has 3 atom stereocenters. The van der Waals surface area contributed by atoms with Crippen LogP contribution in [-0.4, -0.2) is 73.4 Å². The molecule has 0 aromatic heterocycles. The van der Waals surface area contributed by atoms with Crippen molar-refractivity contribution < 1.29 is 32.9 Å². The van der Waals surface area contributed by atoms with Crippen LogP contribution in [0.5, 0.6) is 0 Å². The second-order valence-corrected chi connectivity index (χ2v) is 20.4. The van der Waals surface area contributed by atoms with E-state index in [-0.39, 0.29) is 19.1 Å². The number of hydrogen-bond acceptors (Lipinski definition) is 5. The van der Waals surface area contributed by atoms with Crippen molar-refractivity contribution in [3.63, 3.8) is 0 Å². The quantitative estimate of drug-likeness (QED) is 0.0320. The van der Waals surface area contributed by atoms with Crippen molar-refractivity contribution in [1.82, 2.24) is 5.32 Å². The van der Waals surface area contributed by atoms with E-state index in [1.54, 1.807) is 0 Å². The Morgan fingerprint density at radius 2 is 0.828 bits per heavy atom. The smallest absolute Gasteiger partial charge is 0.391 e. The minimum absolute atomic E-state index is 0.0789. The summed E-state index contributed by atoms with van der Waals surface area (Å²) in [6.45, 7) is 4.93. The van der Waals surface area contributed by atoms with Crippen LogP contribution in [0, 0.1) is 0 Å². The Hall–Kier alpha value is -0.500.